The SMILES string of the molecule is CCC(C)CO[C@@H]1[C@@H]2OC(=O)[C@]3(C)[C@H]1C[C@@]14C2=CO[C@@H](OC[C@@H](C)[C@@H](C)O)C1C[C@@H](O)[C@@H]34. The van der Waals surface area contributed by atoms with E-state index in [0.717, 1.165) is 18.4 Å². The number of carbonyl (C=O) groups excluding carboxylic acids is 1. The van der Waals surface area contributed by atoms with E-state index in [4.69, 9.17) is 18.9 Å². The van der Waals surface area contributed by atoms with Gasteiger partial charge in [0, 0.05) is 41.3 Å². The quantitative estimate of drug-likeness (QED) is 0.549. The van der Waals surface area contributed by atoms with Crippen LogP contribution in [0.25, 0.3) is 0 Å². The van der Waals surface area contributed by atoms with Crippen molar-refractivity contribution in [3.8, 4) is 0 Å². The zero-order chi connectivity index (χ0) is 23.0. The Hall–Kier alpha value is -1.15. The van der Waals surface area contributed by atoms with Gasteiger partial charge in [-0.25, -0.2) is 0 Å². The number of aliphatic hydroxyl groups excluding tert-OH is 2. The van der Waals surface area contributed by atoms with E-state index >= 15 is 0 Å². The van der Waals surface area contributed by atoms with E-state index in [-0.39, 0.29) is 41.2 Å². The number of ether oxygens (including phenoxy) is 4. The molecule has 2 unspecified atom stereocenters. The van der Waals surface area contributed by atoms with Gasteiger partial charge in [0.05, 0.1) is 30.5 Å². The number of fused-ring (bicyclic) bond motifs is 3. The number of hydrogen-bond donors (Lipinski definition) is 2. The standard InChI is InChI=1S/C25H38O7/c1-6-12(2)9-29-19-16-8-25-15-7-18(27)21(25)24(16,5)23(28)32-20(19)17(25)11-31-22(15)30-10-13(3)14(4)26/h11-16,18-22,26-27H,6-10H2,1-5H3/t12?,13-,14-,15?,16+,18-,19+,20-,21+,22-,24-,25+/m1/s1. The zero-order valence-corrected chi connectivity index (χ0v) is 19.8. The molecule has 3 saturated carbocycles. The molecule has 32 heavy (non-hydrogen) atoms. The molecule has 0 aromatic heterocycles. The van der Waals surface area contributed by atoms with E-state index in [9.17, 15) is 15.0 Å². The fraction of sp³-hybridized carbons (Fsp3) is 0.880. The van der Waals surface area contributed by atoms with Crippen LogP contribution in [0.15, 0.2) is 11.8 Å². The first-order valence-electron chi connectivity index (χ1n) is 12.3. The largest absolute Gasteiger partial charge is 0.472 e. The molecule has 7 heteroatoms. The molecular formula is C25H38O7. The molecule has 3 aliphatic carbocycles. The van der Waals surface area contributed by atoms with Crippen molar-refractivity contribution in [3.63, 3.8) is 0 Å². The van der Waals surface area contributed by atoms with Crippen molar-refractivity contribution >= 4 is 5.97 Å². The third-order valence-electron chi connectivity index (χ3n) is 9.56. The highest BCUT2D eigenvalue weighted by Gasteiger charge is 2.81. The normalized spacial score (nSPS) is 48.5. The second-order valence-corrected chi connectivity index (χ2v) is 11.3. The molecule has 12 atom stereocenters. The molecule has 4 fully saturated rings. The first-order valence-corrected chi connectivity index (χ1v) is 12.3. The number of esters is 1. The highest BCUT2D eigenvalue weighted by molar-refractivity contribution is 5.81. The molecule has 7 nitrogen and oxygen atoms in total. The van der Waals surface area contributed by atoms with Crippen LogP contribution >= 0.6 is 0 Å². The highest BCUT2D eigenvalue weighted by atomic mass is 16.7. The molecule has 0 amide bonds. The van der Waals surface area contributed by atoms with Crippen molar-refractivity contribution < 1.29 is 34.0 Å². The average Bonchev–Trinajstić information content (AvgIpc) is 3.16. The second-order valence-electron chi connectivity index (χ2n) is 11.3. The Balaban J connectivity index is 1.50. The Morgan fingerprint density at radius 1 is 1.22 bits per heavy atom. The molecule has 180 valence electrons. The molecule has 3 bridgehead atoms. The molecule has 2 N–H and O–H groups in total. The number of aliphatic hydroxyl groups is 2. The lowest BCUT2D eigenvalue weighted by molar-refractivity contribution is -0.212. The summed E-state index contributed by atoms with van der Waals surface area (Å²) in [5.74, 6) is -0.0863. The number of hydrogen-bond acceptors (Lipinski definition) is 7. The van der Waals surface area contributed by atoms with Gasteiger partial charge in [0.15, 0.2) is 6.10 Å². The van der Waals surface area contributed by atoms with Crippen LogP contribution in [0.3, 0.4) is 0 Å². The monoisotopic (exact) mass is 450 g/mol. The van der Waals surface area contributed by atoms with E-state index in [1.807, 2.05) is 13.8 Å². The van der Waals surface area contributed by atoms with Gasteiger partial charge in [0.1, 0.15) is 6.10 Å². The summed E-state index contributed by atoms with van der Waals surface area (Å²) in [5.41, 5.74) is -0.189. The third-order valence-corrected chi connectivity index (χ3v) is 9.56. The fourth-order valence-electron chi connectivity index (χ4n) is 7.38. The van der Waals surface area contributed by atoms with Crippen molar-refractivity contribution in [1.29, 1.82) is 0 Å². The molecule has 0 aromatic rings. The van der Waals surface area contributed by atoms with Crippen LogP contribution in [0, 0.1) is 40.4 Å². The van der Waals surface area contributed by atoms with Crippen LogP contribution in [0.5, 0.6) is 0 Å². The van der Waals surface area contributed by atoms with Gasteiger partial charge in [-0.15, -0.1) is 0 Å². The maximum atomic E-state index is 13.3. The van der Waals surface area contributed by atoms with Crippen molar-refractivity contribution in [1.82, 2.24) is 0 Å². The van der Waals surface area contributed by atoms with Gasteiger partial charge < -0.3 is 29.2 Å². The Bertz CT molecular complexity index is 795. The summed E-state index contributed by atoms with van der Waals surface area (Å²) in [6.45, 7) is 11.0. The van der Waals surface area contributed by atoms with Crippen LogP contribution in [0.4, 0.5) is 0 Å². The van der Waals surface area contributed by atoms with Crippen LogP contribution in [-0.4, -0.2) is 60.1 Å². The van der Waals surface area contributed by atoms with E-state index in [1.54, 1.807) is 13.2 Å². The topological polar surface area (TPSA) is 94.5 Å². The Kier molecular flexibility index (Phi) is 5.44. The van der Waals surface area contributed by atoms with Gasteiger partial charge in [-0.1, -0.05) is 27.2 Å². The molecule has 2 aliphatic heterocycles. The summed E-state index contributed by atoms with van der Waals surface area (Å²) < 4.78 is 24.7. The van der Waals surface area contributed by atoms with E-state index < -0.39 is 30.0 Å². The molecule has 5 rings (SSSR count). The van der Waals surface area contributed by atoms with Crippen LogP contribution in [0.2, 0.25) is 0 Å². The summed E-state index contributed by atoms with van der Waals surface area (Å²) in [5, 5.41) is 21.1. The van der Waals surface area contributed by atoms with Crippen LogP contribution < -0.4 is 0 Å². The van der Waals surface area contributed by atoms with E-state index in [0.29, 0.717) is 25.6 Å². The minimum Gasteiger partial charge on any atom is -0.472 e. The van der Waals surface area contributed by atoms with Crippen molar-refractivity contribution in [2.75, 3.05) is 13.2 Å². The summed E-state index contributed by atoms with van der Waals surface area (Å²) >= 11 is 0. The van der Waals surface area contributed by atoms with Crippen molar-refractivity contribution in [2.24, 2.45) is 40.4 Å². The Morgan fingerprint density at radius 2 is 1.97 bits per heavy atom. The third kappa shape index (κ3) is 2.83. The van der Waals surface area contributed by atoms with Gasteiger partial charge in [-0.3, -0.25) is 4.79 Å². The van der Waals surface area contributed by atoms with Gasteiger partial charge in [-0.2, -0.15) is 0 Å². The lowest BCUT2D eigenvalue weighted by Crippen LogP contribution is -2.58. The van der Waals surface area contributed by atoms with Gasteiger partial charge in [-0.05, 0) is 32.6 Å². The van der Waals surface area contributed by atoms with Gasteiger partial charge in [0.25, 0.3) is 0 Å². The van der Waals surface area contributed by atoms with E-state index in [2.05, 4.69) is 13.8 Å². The smallest absolute Gasteiger partial charge is 0.313 e. The van der Waals surface area contributed by atoms with Crippen LogP contribution in [-0.2, 0) is 23.7 Å². The molecule has 1 spiro atoms. The number of rotatable bonds is 8. The predicted octanol–water partition coefficient (Wildman–Crippen LogP) is 2.64. The first kappa shape index (κ1) is 22.6. The summed E-state index contributed by atoms with van der Waals surface area (Å²) in [6, 6.07) is 0. The van der Waals surface area contributed by atoms with Crippen molar-refractivity contribution in [3.05, 3.63) is 11.8 Å². The Labute approximate surface area is 190 Å². The van der Waals surface area contributed by atoms with Gasteiger partial charge in [0.2, 0.25) is 6.29 Å². The summed E-state index contributed by atoms with van der Waals surface area (Å²) in [7, 11) is 0. The second kappa shape index (κ2) is 7.69. The maximum absolute atomic E-state index is 13.3. The predicted molar refractivity (Wildman–Crippen MR) is 115 cm³/mol. The molecule has 2 heterocycles. The van der Waals surface area contributed by atoms with Gasteiger partial charge >= 0.3 is 5.97 Å². The zero-order valence-electron chi connectivity index (χ0n) is 19.8. The lowest BCUT2D eigenvalue weighted by Gasteiger charge is -2.51. The fourth-order valence-corrected chi connectivity index (χ4v) is 7.38. The highest BCUT2D eigenvalue weighted by Crippen LogP contribution is 2.77. The lowest BCUT2D eigenvalue weighted by atomic mass is 9.61. The Morgan fingerprint density at radius 3 is 2.66 bits per heavy atom. The average molecular weight is 451 g/mol. The molecule has 5 aliphatic rings. The summed E-state index contributed by atoms with van der Waals surface area (Å²) in [4.78, 5) is 13.3. The van der Waals surface area contributed by atoms with E-state index in [1.165, 1.54) is 0 Å². The first-order chi connectivity index (χ1) is 15.2. The molecule has 0 aromatic carbocycles. The van der Waals surface area contributed by atoms with Crippen molar-refractivity contribution in [2.45, 2.75) is 84.6 Å². The molecule has 1 saturated heterocycles. The maximum Gasteiger partial charge on any atom is 0.313 e. The van der Waals surface area contributed by atoms with Crippen LogP contribution in [0.1, 0.15) is 53.9 Å². The summed E-state index contributed by atoms with van der Waals surface area (Å²) in [6.07, 6.45) is 1.82. The molecular weight excluding hydrogens is 412 g/mol. The minimum atomic E-state index is -0.783. The molecule has 0 radical (unpaired) electrons. The minimum absolute atomic E-state index is 0.00698. The number of carbonyl (C=O) groups is 1.